The second-order valence-electron chi connectivity index (χ2n) is 8.55. The number of nitrogens with one attached hydrogen (secondary N) is 1. The summed E-state index contributed by atoms with van der Waals surface area (Å²) in [5.41, 5.74) is 5.28. The molecular formula is C25H25ClN4O4S. The van der Waals surface area contributed by atoms with Gasteiger partial charge in [-0.1, -0.05) is 47.5 Å². The molecule has 0 aliphatic rings. The van der Waals surface area contributed by atoms with Crippen LogP contribution in [-0.4, -0.2) is 46.3 Å². The van der Waals surface area contributed by atoms with Crippen LogP contribution in [0.2, 0.25) is 5.02 Å². The van der Waals surface area contributed by atoms with Gasteiger partial charge in [0, 0.05) is 24.5 Å². The fraction of sp³-hybridized carbons (Fsp3) is 0.240. The standard InChI is InChI=1S/C25H25ClN4O4S/c1-15-4-7-19(8-5-15)35(33,34)30(3)14-18-12-17(6-10-22(18)26)21(13-24(31)32)20-9-11-23-25(16(20)2)28-29-27-23/h4-12,21H,13-14H2,1-3H3,(H,31,32)(H,27,28,29). The zero-order chi connectivity index (χ0) is 25.3. The molecule has 0 saturated heterocycles. The molecule has 0 aliphatic heterocycles. The number of sulfonamides is 1. The summed E-state index contributed by atoms with van der Waals surface area (Å²) in [5.74, 6) is -1.44. The molecule has 182 valence electrons. The Kier molecular flexibility index (Phi) is 6.93. The van der Waals surface area contributed by atoms with E-state index in [9.17, 15) is 18.3 Å². The number of carboxylic acid groups (broad SMARTS) is 1. The zero-order valence-electron chi connectivity index (χ0n) is 19.5. The lowest BCUT2D eigenvalue weighted by Gasteiger charge is -2.22. The lowest BCUT2D eigenvalue weighted by atomic mass is 9.85. The molecule has 0 aliphatic carbocycles. The number of carbonyl (C=O) groups is 1. The first-order chi connectivity index (χ1) is 16.6. The van der Waals surface area contributed by atoms with Crippen LogP contribution in [0.5, 0.6) is 0 Å². The Labute approximate surface area is 208 Å². The minimum absolute atomic E-state index is 0.0317. The van der Waals surface area contributed by atoms with E-state index in [1.54, 1.807) is 48.5 Å². The molecule has 3 aromatic carbocycles. The summed E-state index contributed by atoms with van der Waals surface area (Å²) in [7, 11) is -2.24. The van der Waals surface area contributed by atoms with Crippen molar-refractivity contribution in [2.24, 2.45) is 0 Å². The van der Waals surface area contributed by atoms with E-state index in [2.05, 4.69) is 15.4 Å². The first-order valence-corrected chi connectivity index (χ1v) is 12.7. The summed E-state index contributed by atoms with van der Waals surface area (Å²) in [6.45, 7) is 3.80. The number of aryl methyl sites for hydroxylation is 2. The molecule has 4 aromatic rings. The van der Waals surface area contributed by atoms with E-state index in [1.165, 1.54) is 11.4 Å². The molecule has 1 aromatic heterocycles. The minimum atomic E-state index is -3.74. The van der Waals surface area contributed by atoms with Crippen molar-refractivity contribution >= 4 is 38.6 Å². The van der Waals surface area contributed by atoms with Gasteiger partial charge < -0.3 is 5.11 Å². The molecule has 0 fully saturated rings. The zero-order valence-corrected chi connectivity index (χ0v) is 21.1. The highest BCUT2D eigenvalue weighted by molar-refractivity contribution is 7.89. The predicted molar refractivity (Wildman–Crippen MR) is 134 cm³/mol. The van der Waals surface area contributed by atoms with E-state index in [4.69, 9.17) is 11.6 Å². The van der Waals surface area contributed by atoms with Crippen LogP contribution in [0.25, 0.3) is 11.0 Å². The SMILES string of the molecule is Cc1ccc(S(=O)(=O)N(C)Cc2cc(C(CC(=O)O)c3ccc4n[nH]nc4c3C)ccc2Cl)cc1. The number of H-pyrrole nitrogens is 1. The Balaban J connectivity index is 1.71. The average molecular weight is 513 g/mol. The number of hydrogen-bond acceptors (Lipinski definition) is 5. The van der Waals surface area contributed by atoms with Crippen LogP contribution in [0.1, 0.15) is 40.2 Å². The third kappa shape index (κ3) is 5.07. The normalized spacial score (nSPS) is 12.8. The number of halogens is 1. The van der Waals surface area contributed by atoms with Crippen LogP contribution in [0.3, 0.4) is 0 Å². The smallest absolute Gasteiger partial charge is 0.304 e. The van der Waals surface area contributed by atoms with Crippen molar-refractivity contribution in [3.63, 3.8) is 0 Å². The quantitative estimate of drug-likeness (QED) is 0.355. The summed E-state index contributed by atoms with van der Waals surface area (Å²) >= 11 is 6.45. The van der Waals surface area contributed by atoms with Gasteiger partial charge in [0.05, 0.1) is 11.3 Å². The predicted octanol–water partition coefficient (Wildman–Crippen LogP) is 4.66. The molecule has 4 rings (SSSR count). The monoisotopic (exact) mass is 512 g/mol. The number of hydrogen-bond donors (Lipinski definition) is 2. The first-order valence-electron chi connectivity index (χ1n) is 10.9. The lowest BCUT2D eigenvalue weighted by molar-refractivity contribution is -0.137. The Hall–Kier alpha value is -3.27. The number of rotatable bonds is 8. The molecule has 1 heterocycles. The largest absolute Gasteiger partial charge is 0.481 e. The van der Waals surface area contributed by atoms with Crippen LogP contribution < -0.4 is 0 Å². The molecule has 1 atom stereocenters. The summed E-state index contributed by atoms with van der Waals surface area (Å²) in [6, 6.07) is 15.5. The molecule has 35 heavy (non-hydrogen) atoms. The summed E-state index contributed by atoms with van der Waals surface area (Å²) in [5, 5.41) is 20.9. The Morgan fingerprint density at radius 1 is 1.09 bits per heavy atom. The molecule has 0 bridgehead atoms. The van der Waals surface area contributed by atoms with Crippen molar-refractivity contribution < 1.29 is 18.3 Å². The molecule has 2 N–H and O–H groups in total. The van der Waals surface area contributed by atoms with E-state index < -0.39 is 21.9 Å². The highest BCUT2D eigenvalue weighted by Gasteiger charge is 2.25. The van der Waals surface area contributed by atoms with E-state index in [-0.39, 0.29) is 17.9 Å². The molecule has 1 unspecified atom stereocenters. The van der Waals surface area contributed by atoms with Crippen molar-refractivity contribution in [2.75, 3.05) is 7.05 Å². The summed E-state index contributed by atoms with van der Waals surface area (Å²) in [4.78, 5) is 12.0. The minimum Gasteiger partial charge on any atom is -0.481 e. The van der Waals surface area contributed by atoms with Gasteiger partial charge in [-0.05, 0) is 60.4 Å². The number of benzene rings is 3. The molecular weight excluding hydrogens is 488 g/mol. The van der Waals surface area contributed by atoms with Crippen LogP contribution in [0, 0.1) is 13.8 Å². The van der Waals surface area contributed by atoms with Crippen LogP contribution in [0.15, 0.2) is 59.5 Å². The highest BCUT2D eigenvalue weighted by Crippen LogP contribution is 2.35. The van der Waals surface area contributed by atoms with Gasteiger partial charge in [-0.3, -0.25) is 4.79 Å². The van der Waals surface area contributed by atoms with Gasteiger partial charge >= 0.3 is 5.97 Å². The number of aromatic nitrogens is 3. The average Bonchev–Trinajstić information content (AvgIpc) is 3.29. The van der Waals surface area contributed by atoms with Gasteiger partial charge in [0.2, 0.25) is 10.0 Å². The van der Waals surface area contributed by atoms with Gasteiger partial charge in [-0.2, -0.15) is 19.7 Å². The van der Waals surface area contributed by atoms with Crippen molar-refractivity contribution in [3.8, 4) is 0 Å². The molecule has 0 amide bonds. The van der Waals surface area contributed by atoms with Gasteiger partial charge in [-0.25, -0.2) is 8.42 Å². The molecule has 0 saturated carbocycles. The first kappa shape index (κ1) is 24.8. The Morgan fingerprint density at radius 2 is 1.80 bits per heavy atom. The number of aliphatic carboxylic acids is 1. The fourth-order valence-corrected chi connectivity index (χ4v) is 5.50. The number of fused-ring (bicyclic) bond motifs is 1. The van der Waals surface area contributed by atoms with E-state index >= 15 is 0 Å². The maximum atomic E-state index is 13.1. The molecule has 8 nitrogen and oxygen atoms in total. The maximum absolute atomic E-state index is 13.1. The van der Waals surface area contributed by atoms with Gasteiger partial charge in [0.25, 0.3) is 0 Å². The van der Waals surface area contributed by atoms with E-state index in [0.29, 0.717) is 21.6 Å². The van der Waals surface area contributed by atoms with Gasteiger partial charge in [-0.15, -0.1) is 0 Å². The number of aromatic amines is 1. The second kappa shape index (κ2) is 9.77. The van der Waals surface area contributed by atoms with E-state index in [0.717, 1.165) is 22.3 Å². The second-order valence-corrected chi connectivity index (χ2v) is 11.0. The molecule has 0 radical (unpaired) electrons. The topological polar surface area (TPSA) is 116 Å². The maximum Gasteiger partial charge on any atom is 0.304 e. The summed E-state index contributed by atoms with van der Waals surface area (Å²) < 4.78 is 27.4. The van der Waals surface area contributed by atoms with Gasteiger partial charge in [0.1, 0.15) is 11.0 Å². The van der Waals surface area contributed by atoms with Crippen LogP contribution >= 0.6 is 11.6 Å². The Morgan fingerprint density at radius 3 is 2.49 bits per heavy atom. The lowest BCUT2D eigenvalue weighted by Crippen LogP contribution is -2.26. The van der Waals surface area contributed by atoms with Crippen molar-refractivity contribution in [1.82, 2.24) is 19.7 Å². The van der Waals surface area contributed by atoms with Crippen LogP contribution in [-0.2, 0) is 21.4 Å². The number of carboxylic acids is 1. The van der Waals surface area contributed by atoms with Gasteiger partial charge in [0.15, 0.2) is 0 Å². The molecule has 0 spiro atoms. The van der Waals surface area contributed by atoms with Crippen molar-refractivity contribution in [3.05, 3.63) is 87.4 Å². The third-order valence-electron chi connectivity index (χ3n) is 6.13. The third-order valence-corrected chi connectivity index (χ3v) is 8.32. The highest BCUT2D eigenvalue weighted by atomic mass is 35.5. The number of nitrogens with zero attached hydrogens (tertiary/aromatic N) is 3. The van der Waals surface area contributed by atoms with Crippen molar-refractivity contribution in [1.29, 1.82) is 0 Å². The Bertz CT molecular complexity index is 1500. The summed E-state index contributed by atoms with van der Waals surface area (Å²) in [6.07, 6.45) is -0.150. The van der Waals surface area contributed by atoms with Crippen LogP contribution in [0.4, 0.5) is 0 Å². The van der Waals surface area contributed by atoms with Crippen molar-refractivity contribution in [2.45, 2.75) is 37.6 Å². The fourth-order valence-electron chi connectivity index (χ4n) is 4.17. The molecule has 10 heteroatoms. The van der Waals surface area contributed by atoms with E-state index in [1.807, 2.05) is 19.9 Å².